The highest BCUT2D eigenvalue weighted by molar-refractivity contribution is 5.98. The van der Waals surface area contributed by atoms with Crippen molar-refractivity contribution in [1.29, 1.82) is 0 Å². The summed E-state index contributed by atoms with van der Waals surface area (Å²) in [7, 11) is 10.8. The van der Waals surface area contributed by atoms with E-state index in [2.05, 4.69) is 33.2 Å². The number of rotatable bonds is 42. The number of carbonyl (C=O) groups is 12. The molecule has 1 saturated heterocycles. The molecule has 9 amide bonds. The summed E-state index contributed by atoms with van der Waals surface area (Å²) in [6.45, 7) is 24.3. The van der Waals surface area contributed by atoms with Crippen molar-refractivity contribution in [2.45, 2.75) is 207 Å². The molecule has 0 bridgehead atoms. The fraction of sp³-hybridized carbons (Fsp3) is 0.600. The number of esters is 1. The molecule has 0 aliphatic carbocycles. The number of hydrogen-bond acceptors (Lipinski definition) is 16. The van der Waals surface area contributed by atoms with Gasteiger partial charge in [-0.2, -0.15) is 0 Å². The summed E-state index contributed by atoms with van der Waals surface area (Å²) in [4.78, 5) is 170. The number of carboxylic acid groups (broad SMARTS) is 1. The third-order valence-electron chi connectivity index (χ3n) is 19.4. The number of carboxylic acids is 1. The number of ether oxygens (including phenoxy) is 2. The molecule has 12 atom stereocenters. The predicted octanol–water partition coefficient (Wildman–Crippen LogP) is 6.09. The SMILES string of the molecule is C=CCOC(=O)CN(C)C(=O)[C@@H](NC(=O)[C@H](CC(C)C)N(C)C(=O)[C@H](CC(C)C)NC(=O)[C@H](Cc1ccccc1)NC)[C@@H](C)OCc1ccccc1.CC[C@H](C)[C@H](NC)C(=O)C[C@@H](C)C(=O)N(C)[C@@H](Cc1ccccc1)C(=O)N(C)[C@H](C(=O)N[C@@H](CC(=O)N(C)[C@@H](C)C(=O)O)C(=O)N1CCCCC1)C(C)C. The highest BCUT2D eigenvalue weighted by Gasteiger charge is 2.42. The van der Waals surface area contributed by atoms with Gasteiger partial charge in [-0.25, -0.2) is 4.79 Å². The number of nitrogens with zero attached hydrogens (tertiary/aromatic N) is 6. The Kier molecular flexibility index (Phi) is 39.9. The van der Waals surface area contributed by atoms with Crippen LogP contribution in [0.25, 0.3) is 0 Å². The number of hydrogen-bond donors (Lipinski definition) is 6. The van der Waals surface area contributed by atoms with Crippen molar-refractivity contribution in [2.24, 2.45) is 29.6 Å². The fourth-order valence-corrected chi connectivity index (χ4v) is 12.7. The van der Waals surface area contributed by atoms with Crippen molar-refractivity contribution < 1.29 is 72.1 Å². The number of amides is 9. The monoisotopic (exact) mass is 1480 g/mol. The summed E-state index contributed by atoms with van der Waals surface area (Å²) in [6.07, 6.45) is 4.63. The maximum atomic E-state index is 14.5. The first kappa shape index (κ1) is 91.3. The van der Waals surface area contributed by atoms with Crippen LogP contribution in [0.3, 0.4) is 0 Å². The first-order chi connectivity index (χ1) is 50.0. The van der Waals surface area contributed by atoms with Gasteiger partial charge < -0.3 is 70.6 Å². The molecular weight excluding hydrogens is 1350 g/mol. The Morgan fingerprint density at radius 3 is 1.58 bits per heavy atom. The van der Waals surface area contributed by atoms with Gasteiger partial charge in [0, 0.05) is 67.1 Å². The van der Waals surface area contributed by atoms with E-state index in [1.165, 1.54) is 60.8 Å². The molecule has 106 heavy (non-hydrogen) atoms. The average molecular weight is 1480 g/mol. The minimum Gasteiger partial charge on any atom is -0.480 e. The molecule has 1 fully saturated rings. The minimum atomic E-state index is -1.30. The second kappa shape index (κ2) is 46.3. The predicted molar refractivity (Wildman–Crippen MR) is 408 cm³/mol. The molecule has 0 unspecified atom stereocenters. The van der Waals surface area contributed by atoms with Gasteiger partial charge in [0.05, 0.1) is 31.2 Å². The third kappa shape index (κ3) is 29.1. The van der Waals surface area contributed by atoms with Gasteiger partial charge in [-0.15, -0.1) is 0 Å². The first-order valence-electron chi connectivity index (χ1n) is 37.2. The highest BCUT2D eigenvalue weighted by Crippen LogP contribution is 2.23. The van der Waals surface area contributed by atoms with Crippen LogP contribution in [0, 0.1) is 29.6 Å². The number of nitrogens with one attached hydrogen (secondary N) is 5. The largest absolute Gasteiger partial charge is 0.480 e. The lowest BCUT2D eigenvalue weighted by molar-refractivity contribution is -0.151. The maximum Gasteiger partial charge on any atom is 0.326 e. The highest BCUT2D eigenvalue weighted by atomic mass is 16.5. The molecule has 0 spiro atoms. The van der Waals surface area contributed by atoms with Gasteiger partial charge in [0.25, 0.3) is 0 Å². The summed E-state index contributed by atoms with van der Waals surface area (Å²) in [5.41, 5.74) is 2.63. The first-order valence-corrected chi connectivity index (χ1v) is 37.2. The summed E-state index contributed by atoms with van der Waals surface area (Å²) < 4.78 is 11.1. The van der Waals surface area contributed by atoms with Gasteiger partial charge >= 0.3 is 11.9 Å². The van der Waals surface area contributed by atoms with E-state index in [1.54, 1.807) is 53.7 Å². The van der Waals surface area contributed by atoms with Crippen LogP contribution < -0.4 is 26.6 Å². The molecule has 26 heteroatoms. The van der Waals surface area contributed by atoms with E-state index < -0.39 is 132 Å². The number of carbonyl (C=O) groups excluding carboxylic acids is 11. The number of Topliss-reactive ketones (excluding diaryl/α,β-unsaturated/α-hetero) is 1. The molecule has 0 aromatic heterocycles. The zero-order valence-corrected chi connectivity index (χ0v) is 66.1. The lowest BCUT2D eigenvalue weighted by Gasteiger charge is -2.38. The van der Waals surface area contributed by atoms with Gasteiger partial charge in [-0.1, -0.05) is 172 Å². The van der Waals surface area contributed by atoms with Crippen molar-refractivity contribution in [2.75, 3.05) is 75.6 Å². The Morgan fingerprint density at radius 1 is 0.557 bits per heavy atom. The van der Waals surface area contributed by atoms with Crippen LogP contribution in [0.2, 0.25) is 0 Å². The molecule has 1 aliphatic heterocycles. The maximum absolute atomic E-state index is 14.5. The second-order valence-electron chi connectivity index (χ2n) is 29.2. The van der Waals surface area contributed by atoms with Crippen molar-refractivity contribution in [3.8, 4) is 0 Å². The van der Waals surface area contributed by atoms with E-state index in [0.717, 1.165) is 47.3 Å². The van der Waals surface area contributed by atoms with Gasteiger partial charge in [-0.3, -0.25) is 52.7 Å². The van der Waals surface area contributed by atoms with Crippen molar-refractivity contribution in [3.63, 3.8) is 0 Å². The number of likely N-dealkylation sites (tertiary alicyclic amines) is 1. The Morgan fingerprint density at radius 2 is 1.08 bits per heavy atom. The van der Waals surface area contributed by atoms with Crippen molar-refractivity contribution in [3.05, 3.63) is 120 Å². The Hall–Kier alpha value is -8.88. The van der Waals surface area contributed by atoms with E-state index in [9.17, 15) is 62.6 Å². The molecule has 588 valence electrons. The summed E-state index contributed by atoms with van der Waals surface area (Å²) >= 11 is 0. The van der Waals surface area contributed by atoms with Gasteiger partial charge in [0.15, 0.2) is 5.78 Å². The van der Waals surface area contributed by atoms with Gasteiger partial charge in [0.1, 0.15) is 55.4 Å². The van der Waals surface area contributed by atoms with Crippen molar-refractivity contribution in [1.82, 2.24) is 56.0 Å². The molecule has 3 aromatic rings. The van der Waals surface area contributed by atoms with E-state index in [0.29, 0.717) is 25.9 Å². The summed E-state index contributed by atoms with van der Waals surface area (Å²) in [5, 5.41) is 24.1. The Balaban J connectivity index is 0.000000551. The molecule has 0 radical (unpaired) electrons. The van der Waals surface area contributed by atoms with E-state index in [4.69, 9.17) is 9.47 Å². The standard InChI is InChI=1S/C40H64N6O8.C40H59N5O7/c1-11-26(4)34(41-7)32(47)22-27(5)37(50)44(9)31(23-29-18-14-12-15-19-29)39(52)45(10)35(25(2)3)36(49)42-30(38(51)46-20-16-13-17-21-46)24-33(48)43(8)28(6)40(53)54;1-10-21-51-35(46)25-44(8)40(50)36(29(6)52-26-31-19-15-12-16-20-31)43-38(48)34(23-28(4)5)45(9)39(49)33(22-27(2)3)42-37(47)32(41-7)24-30-17-13-11-14-18-30/h12,14-15,18-19,25-28,30-31,34-35,41H,11,13,16-17,20-24H2,1-10H3,(H,42,49)(H,53,54);10-20,27-29,32-34,36,41H,1,21-26H2,2-9H3,(H,42,47)(H,43,48)/t26-,27+,28-,30-,31-,34-,35-;29-,32+,33+,34+,36+/m01/s1. The molecular formula is C80H123N11O15. The second-order valence-corrected chi connectivity index (χ2v) is 29.2. The van der Waals surface area contributed by atoms with E-state index in [-0.39, 0.29) is 74.4 Å². The average Bonchev–Trinajstić information content (AvgIpc) is 0.817. The molecule has 1 heterocycles. The van der Waals surface area contributed by atoms with Gasteiger partial charge in [0.2, 0.25) is 53.2 Å². The van der Waals surface area contributed by atoms with Crippen LogP contribution >= 0.6 is 0 Å². The smallest absolute Gasteiger partial charge is 0.326 e. The summed E-state index contributed by atoms with van der Waals surface area (Å²) in [5.74, 6) is -7.50. The lowest BCUT2D eigenvalue weighted by Crippen LogP contribution is -2.60. The number of benzene rings is 3. The van der Waals surface area contributed by atoms with Crippen LogP contribution in [-0.2, 0) is 86.5 Å². The van der Waals surface area contributed by atoms with Crippen LogP contribution in [0.4, 0.5) is 0 Å². The zero-order valence-electron chi connectivity index (χ0n) is 66.1. The Labute approximate surface area is 629 Å². The lowest BCUT2D eigenvalue weighted by atomic mass is 9.90. The number of likely N-dealkylation sites (N-methyl/N-ethyl adjacent to an activating group) is 7. The molecule has 26 nitrogen and oxygen atoms in total. The topological polar surface area (TPSA) is 323 Å². The molecule has 4 rings (SSSR count). The van der Waals surface area contributed by atoms with Gasteiger partial charge in [-0.05, 0) is 107 Å². The normalized spacial score (nSPS) is 15.5. The fourth-order valence-electron chi connectivity index (χ4n) is 12.7. The van der Waals surface area contributed by atoms with Crippen LogP contribution in [0.5, 0.6) is 0 Å². The number of piperidine rings is 1. The van der Waals surface area contributed by atoms with E-state index in [1.807, 2.05) is 133 Å². The minimum absolute atomic E-state index is 0.00421. The molecule has 6 N–H and O–H groups in total. The van der Waals surface area contributed by atoms with Crippen LogP contribution in [0.1, 0.15) is 144 Å². The van der Waals surface area contributed by atoms with Crippen LogP contribution in [0.15, 0.2) is 104 Å². The molecule has 3 aromatic carbocycles. The molecule has 0 saturated carbocycles. The zero-order chi connectivity index (χ0) is 79.7. The Bertz CT molecular complexity index is 3320. The van der Waals surface area contributed by atoms with E-state index >= 15 is 0 Å². The molecule has 1 aliphatic rings. The van der Waals surface area contributed by atoms with Crippen LogP contribution in [-0.4, -0.2) is 241 Å². The number of aliphatic carboxylic acids is 1. The number of ketones is 1. The van der Waals surface area contributed by atoms with Crippen molar-refractivity contribution >= 4 is 70.9 Å². The third-order valence-corrected chi connectivity index (χ3v) is 19.4. The quantitative estimate of drug-likeness (QED) is 0.0276. The summed E-state index contributed by atoms with van der Waals surface area (Å²) in [6, 6.07) is 19.5.